The number of carbonyl (C=O) groups is 2. The molecule has 1 aromatic carbocycles. The number of imidazole rings is 1. The Hall–Kier alpha value is -2.71. The third-order valence-electron chi connectivity index (χ3n) is 5.03. The number of ether oxygens (including phenoxy) is 1. The van der Waals surface area contributed by atoms with E-state index in [0.717, 1.165) is 18.4 Å². The van der Waals surface area contributed by atoms with Crippen LogP contribution in [0.15, 0.2) is 42.9 Å². The number of aromatic nitrogens is 2. The highest BCUT2D eigenvalue weighted by molar-refractivity contribution is 5.94. The van der Waals surface area contributed by atoms with Crippen molar-refractivity contribution in [1.82, 2.24) is 14.9 Å². The number of rotatable bonds is 6. The van der Waals surface area contributed by atoms with Crippen molar-refractivity contribution in [3.63, 3.8) is 0 Å². The van der Waals surface area contributed by atoms with E-state index in [1.807, 2.05) is 32.0 Å². The highest BCUT2D eigenvalue weighted by Crippen LogP contribution is 2.20. The number of amides is 2. The minimum Gasteiger partial charge on any atom is -0.381 e. The molecule has 3 rings (SSSR count). The van der Waals surface area contributed by atoms with Crippen LogP contribution in [0.3, 0.4) is 0 Å². The van der Waals surface area contributed by atoms with Gasteiger partial charge < -0.3 is 25.7 Å². The van der Waals surface area contributed by atoms with E-state index in [4.69, 9.17) is 10.5 Å². The molecule has 28 heavy (non-hydrogen) atoms. The van der Waals surface area contributed by atoms with Gasteiger partial charge in [0, 0.05) is 25.5 Å². The Bertz CT molecular complexity index is 812. The van der Waals surface area contributed by atoms with Crippen LogP contribution in [0, 0.1) is 0 Å². The molecule has 1 saturated heterocycles. The largest absolute Gasteiger partial charge is 0.381 e. The standard InChI is InChI=1S/C20H27N5O3/c1-20(2,19(27)23-15-8-10-28-11-9-15)25-12-16(22-13-25)24-18(26)17(21)14-6-4-3-5-7-14/h3-7,12-13,15,17H,8-11,21H2,1-2H3,(H,23,27)(H,24,26)/t17-/m0/s1. The minimum absolute atomic E-state index is 0.101. The lowest BCUT2D eigenvalue weighted by Crippen LogP contribution is -2.49. The van der Waals surface area contributed by atoms with Gasteiger partial charge in [-0.05, 0) is 32.3 Å². The maximum absolute atomic E-state index is 12.8. The van der Waals surface area contributed by atoms with Crippen molar-refractivity contribution in [2.24, 2.45) is 5.73 Å². The normalized spacial score (nSPS) is 16.4. The zero-order chi connectivity index (χ0) is 20.1. The van der Waals surface area contributed by atoms with E-state index in [-0.39, 0.29) is 17.9 Å². The van der Waals surface area contributed by atoms with Gasteiger partial charge in [0.05, 0.1) is 6.33 Å². The lowest BCUT2D eigenvalue weighted by Gasteiger charge is -2.30. The molecule has 0 unspecified atom stereocenters. The van der Waals surface area contributed by atoms with E-state index in [1.165, 1.54) is 6.33 Å². The quantitative estimate of drug-likeness (QED) is 0.699. The summed E-state index contributed by atoms with van der Waals surface area (Å²) in [4.78, 5) is 29.3. The maximum atomic E-state index is 12.8. The van der Waals surface area contributed by atoms with E-state index in [2.05, 4.69) is 15.6 Å². The van der Waals surface area contributed by atoms with Crippen molar-refractivity contribution in [1.29, 1.82) is 0 Å². The fourth-order valence-electron chi connectivity index (χ4n) is 3.03. The van der Waals surface area contributed by atoms with Gasteiger partial charge in [-0.15, -0.1) is 0 Å². The number of nitrogens with one attached hydrogen (secondary N) is 2. The third-order valence-corrected chi connectivity index (χ3v) is 5.03. The van der Waals surface area contributed by atoms with Crippen LogP contribution in [-0.4, -0.2) is 40.6 Å². The molecule has 2 amide bonds. The highest BCUT2D eigenvalue weighted by Gasteiger charge is 2.32. The van der Waals surface area contributed by atoms with Crippen molar-refractivity contribution in [3.8, 4) is 0 Å². The van der Waals surface area contributed by atoms with Crippen molar-refractivity contribution < 1.29 is 14.3 Å². The zero-order valence-electron chi connectivity index (χ0n) is 16.2. The van der Waals surface area contributed by atoms with Gasteiger partial charge in [0.15, 0.2) is 5.82 Å². The molecule has 1 aliphatic heterocycles. The zero-order valence-corrected chi connectivity index (χ0v) is 16.2. The molecule has 0 aliphatic carbocycles. The molecular weight excluding hydrogens is 358 g/mol. The van der Waals surface area contributed by atoms with Gasteiger partial charge in [-0.25, -0.2) is 4.98 Å². The molecule has 2 aromatic rings. The molecule has 1 atom stereocenters. The molecule has 4 N–H and O–H groups in total. The maximum Gasteiger partial charge on any atom is 0.247 e. The van der Waals surface area contributed by atoms with Crippen LogP contribution in [0.2, 0.25) is 0 Å². The van der Waals surface area contributed by atoms with Crippen LogP contribution >= 0.6 is 0 Å². The average molecular weight is 385 g/mol. The van der Waals surface area contributed by atoms with Gasteiger partial charge in [0.25, 0.3) is 0 Å². The number of nitrogens with zero attached hydrogens (tertiary/aromatic N) is 2. The molecule has 8 nitrogen and oxygen atoms in total. The first-order chi connectivity index (χ1) is 13.4. The molecule has 1 aliphatic rings. The summed E-state index contributed by atoms with van der Waals surface area (Å²) >= 11 is 0. The second-order valence-electron chi connectivity index (χ2n) is 7.46. The molecule has 2 heterocycles. The van der Waals surface area contributed by atoms with Crippen molar-refractivity contribution in [2.45, 2.75) is 44.3 Å². The van der Waals surface area contributed by atoms with Crippen LogP contribution in [0.1, 0.15) is 38.3 Å². The molecular formula is C20H27N5O3. The monoisotopic (exact) mass is 385 g/mol. The Kier molecular flexibility index (Phi) is 6.11. The van der Waals surface area contributed by atoms with Gasteiger partial charge in [0.2, 0.25) is 11.8 Å². The molecule has 150 valence electrons. The number of hydrogen-bond acceptors (Lipinski definition) is 5. The first-order valence-electron chi connectivity index (χ1n) is 9.42. The molecule has 1 aromatic heterocycles. The number of benzene rings is 1. The summed E-state index contributed by atoms with van der Waals surface area (Å²) < 4.78 is 7.01. The Morgan fingerprint density at radius 3 is 2.61 bits per heavy atom. The van der Waals surface area contributed by atoms with E-state index >= 15 is 0 Å². The average Bonchev–Trinajstić information content (AvgIpc) is 3.18. The van der Waals surface area contributed by atoms with E-state index in [1.54, 1.807) is 22.9 Å². The van der Waals surface area contributed by atoms with Crippen molar-refractivity contribution >= 4 is 17.6 Å². The van der Waals surface area contributed by atoms with Gasteiger partial charge in [-0.1, -0.05) is 30.3 Å². The number of hydrogen-bond donors (Lipinski definition) is 3. The molecule has 8 heteroatoms. The van der Waals surface area contributed by atoms with E-state index < -0.39 is 11.6 Å². The first kappa shape index (κ1) is 20.0. The molecule has 0 saturated carbocycles. The highest BCUT2D eigenvalue weighted by atomic mass is 16.5. The lowest BCUT2D eigenvalue weighted by atomic mass is 10.0. The van der Waals surface area contributed by atoms with Crippen LogP contribution in [0.25, 0.3) is 0 Å². The first-order valence-corrected chi connectivity index (χ1v) is 9.42. The summed E-state index contributed by atoms with van der Waals surface area (Å²) in [7, 11) is 0. The Morgan fingerprint density at radius 2 is 1.93 bits per heavy atom. The van der Waals surface area contributed by atoms with Crippen LogP contribution < -0.4 is 16.4 Å². The Labute approximate surface area is 164 Å². The van der Waals surface area contributed by atoms with Gasteiger partial charge in [-0.3, -0.25) is 9.59 Å². The second-order valence-corrected chi connectivity index (χ2v) is 7.46. The molecule has 0 radical (unpaired) electrons. The fourth-order valence-corrected chi connectivity index (χ4v) is 3.03. The van der Waals surface area contributed by atoms with E-state index in [0.29, 0.717) is 19.0 Å². The summed E-state index contributed by atoms with van der Waals surface area (Å²) in [5.74, 6) is -0.111. The number of nitrogens with two attached hydrogens (primary N) is 1. The summed E-state index contributed by atoms with van der Waals surface area (Å²) in [5.41, 5.74) is 5.88. The molecule has 1 fully saturated rings. The smallest absolute Gasteiger partial charge is 0.247 e. The van der Waals surface area contributed by atoms with Crippen LogP contribution in [-0.2, 0) is 19.9 Å². The van der Waals surface area contributed by atoms with Crippen LogP contribution in [0.5, 0.6) is 0 Å². The predicted molar refractivity (Wildman–Crippen MR) is 106 cm³/mol. The SMILES string of the molecule is CC(C)(C(=O)NC1CCOCC1)n1cnc(NC(=O)[C@@H](N)c2ccccc2)c1. The second kappa shape index (κ2) is 8.53. The van der Waals surface area contributed by atoms with Crippen LogP contribution in [0.4, 0.5) is 5.82 Å². The number of carbonyl (C=O) groups excluding carboxylic acids is 2. The fraction of sp³-hybridized carbons (Fsp3) is 0.450. The van der Waals surface area contributed by atoms with E-state index in [9.17, 15) is 9.59 Å². The van der Waals surface area contributed by atoms with Crippen molar-refractivity contribution in [2.75, 3.05) is 18.5 Å². The summed E-state index contributed by atoms with van der Waals surface area (Å²) in [6, 6.07) is 8.44. The summed E-state index contributed by atoms with van der Waals surface area (Å²) in [6.45, 7) is 4.94. The third kappa shape index (κ3) is 4.58. The summed E-state index contributed by atoms with van der Waals surface area (Å²) in [6.07, 6.45) is 4.79. The number of anilines is 1. The minimum atomic E-state index is -0.851. The molecule has 0 bridgehead atoms. The Morgan fingerprint density at radius 1 is 1.25 bits per heavy atom. The van der Waals surface area contributed by atoms with Crippen molar-refractivity contribution in [3.05, 3.63) is 48.4 Å². The predicted octanol–water partition coefficient (Wildman–Crippen LogP) is 1.55. The lowest BCUT2D eigenvalue weighted by molar-refractivity contribution is -0.129. The van der Waals surface area contributed by atoms with Gasteiger partial charge >= 0.3 is 0 Å². The topological polar surface area (TPSA) is 111 Å². The van der Waals surface area contributed by atoms with Gasteiger partial charge in [-0.2, -0.15) is 0 Å². The molecule has 0 spiro atoms. The Balaban J connectivity index is 1.63. The van der Waals surface area contributed by atoms with Gasteiger partial charge in [0.1, 0.15) is 11.6 Å². The summed E-state index contributed by atoms with van der Waals surface area (Å²) in [5, 5.41) is 5.78.